The third-order valence-electron chi connectivity index (χ3n) is 2.76. The summed E-state index contributed by atoms with van der Waals surface area (Å²) in [7, 11) is 1.58. The summed E-state index contributed by atoms with van der Waals surface area (Å²) < 4.78 is 4.91. The van der Waals surface area contributed by atoms with Gasteiger partial charge in [-0.3, -0.25) is 10.1 Å². The second-order valence-corrected chi connectivity index (χ2v) is 4.80. The molecule has 2 N–H and O–H groups in total. The maximum absolute atomic E-state index is 11.4. The van der Waals surface area contributed by atoms with Gasteiger partial charge in [0.05, 0.1) is 6.61 Å². The minimum absolute atomic E-state index is 0.392. The summed E-state index contributed by atoms with van der Waals surface area (Å²) in [6.45, 7) is 2.63. The van der Waals surface area contributed by atoms with Crippen molar-refractivity contribution in [3.63, 3.8) is 0 Å². The molecule has 0 radical (unpaired) electrons. The summed E-state index contributed by atoms with van der Waals surface area (Å²) in [6, 6.07) is 7.19. The van der Waals surface area contributed by atoms with E-state index in [0.29, 0.717) is 24.6 Å². The van der Waals surface area contributed by atoms with Gasteiger partial charge < -0.3 is 9.84 Å². The van der Waals surface area contributed by atoms with Gasteiger partial charge in [0.25, 0.3) is 0 Å². The lowest BCUT2D eigenvalue weighted by Gasteiger charge is -2.26. The number of ether oxygens (including phenoxy) is 1. The predicted molar refractivity (Wildman–Crippen MR) is 71.1 cm³/mol. The molecule has 18 heavy (non-hydrogen) atoms. The molecule has 0 saturated heterocycles. The van der Waals surface area contributed by atoms with Gasteiger partial charge in [0.15, 0.2) is 0 Å². The van der Waals surface area contributed by atoms with Crippen LogP contribution in [0.2, 0.25) is 5.02 Å². The van der Waals surface area contributed by atoms with Crippen LogP contribution < -0.4 is 5.32 Å². The normalized spacial score (nSPS) is 14.2. The van der Waals surface area contributed by atoms with E-state index in [0.717, 1.165) is 5.56 Å². The summed E-state index contributed by atoms with van der Waals surface area (Å²) >= 11 is 5.80. The number of hydrogen-bond donors (Lipinski definition) is 2. The van der Waals surface area contributed by atoms with E-state index in [9.17, 15) is 9.90 Å². The van der Waals surface area contributed by atoms with Crippen LogP contribution in [0.4, 0.5) is 0 Å². The van der Waals surface area contributed by atoms with Gasteiger partial charge in [-0.2, -0.15) is 0 Å². The molecule has 0 amide bonds. The van der Waals surface area contributed by atoms with Crippen molar-refractivity contribution >= 4 is 17.6 Å². The first kappa shape index (κ1) is 15.0. The Balaban J connectivity index is 2.72. The summed E-state index contributed by atoms with van der Waals surface area (Å²) in [6.07, 6.45) is 0.392. The van der Waals surface area contributed by atoms with Gasteiger partial charge in [0.1, 0.15) is 5.54 Å². The summed E-state index contributed by atoms with van der Waals surface area (Å²) in [5, 5.41) is 13.0. The highest BCUT2D eigenvalue weighted by Gasteiger charge is 2.32. The zero-order valence-corrected chi connectivity index (χ0v) is 11.3. The van der Waals surface area contributed by atoms with E-state index in [1.165, 1.54) is 0 Å². The van der Waals surface area contributed by atoms with Crippen molar-refractivity contribution in [2.24, 2.45) is 0 Å². The molecule has 0 aliphatic rings. The molecule has 0 aliphatic heterocycles. The summed E-state index contributed by atoms with van der Waals surface area (Å²) in [5.41, 5.74) is -0.0824. The first-order valence-electron chi connectivity index (χ1n) is 5.70. The molecule has 0 bridgehead atoms. The number of halogens is 1. The van der Waals surface area contributed by atoms with Gasteiger partial charge in [-0.25, -0.2) is 0 Å². The van der Waals surface area contributed by atoms with Gasteiger partial charge in [0, 0.05) is 25.1 Å². The Hall–Kier alpha value is -1.10. The first-order chi connectivity index (χ1) is 8.48. The third kappa shape index (κ3) is 4.29. The molecular formula is C13H18ClNO3. The Labute approximate surface area is 112 Å². The number of methoxy groups -OCH3 is 1. The van der Waals surface area contributed by atoms with Crippen LogP contribution in [-0.2, 0) is 16.0 Å². The lowest BCUT2D eigenvalue weighted by Crippen LogP contribution is -2.52. The topological polar surface area (TPSA) is 58.6 Å². The molecule has 1 rings (SSSR count). The molecule has 0 fully saturated rings. The van der Waals surface area contributed by atoms with E-state index >= 15 is 0 Å². The second kappa shape index (κ2) is 6.73. The highest BCUT2D eigenvalue weighted by molar-refractivity contribution is 6.30. The van der Waals surface area contributed by atoms with Crippen molar-refractivity contribution in [1.29, 1.82) is 0 Å². The zero-order chi connectivity index (χ0) is 13.6. The van der Waals surface area contributed by atoms with E-state index in [1.807, 2.05) is 12.1 Å². The minimum Gasteiger partial charge on any atom is -0.480 e. The number of carboxylic acid groups (broad SMARTS) is 1. The van der Waals surface area contributed by atoms with E-state index in [1.54, 1.807) is 26.2 Å². The smallest absolute Gasteiger partial charge is 0.323 e. The van der Waals surface area contributed by atoms with Crippen LogP contribution in [0.1, 0.15) is 12.5 Å². The fourth-order valence-electron chi connectivity index (χ4n) is 1.65. The van der Waals surface area contributed by atoms with E-state index in [4.69, 9.17) is 16.3 Å². The van der Waals surface area contributed by atoms with Crippen molar-refractivity contribution in [2.75, 3.05) is 20.3 Å². The Morgan fingerprint density at radius 2 is 2.06 bits per heavy atom. The lowest BCUT2D eigenvalue weighted by atomic mass is 9.93. The molecule has 0 saturated carbocycles. The Kier molecular flexibility index (Phi) is 5.59. The molecule has 0 aromatic heterocycles. The summed E-state index contributed by atoms with van der Waals surface area (Å²) in [4.78, 5) is 11.4. The number of nitrogens with one attached hydrogen (secondary N) is 1. The van der Waals surface area contributed by atoms with Crippen LogP contribution >= 0.6 is 11.6 Å². The summed E-state index contributed by atoms with van der Waals surface area (Å²) in [5.74, 6) is -0.881. The van der Waals surface area contributed by atoms with E-state index in [2.05, 4.69) is 5.32 Å². The Bertz CT molecular complexity index is 394. The van der Waals surface area contributed by atoms with Crippen molar-refractivity contribution < 1.29 is 14.6 Å². The third-order valence-corrected chi connectivity index (χ3v) is 3.02. The fraction of sp³-hybridized carbons (Fsp3) is 0.462. The molecule has 5 heteroatoms. The fourth-order valence-corrected chi connectivity index (χ4v) is 1.78. The Morgan fingerprint density at radius 3 is 2.56 bits per heavy atom. The van der Waals surface area contributed by atoms with Gasteiger partial charge in [0.2, 0.25) is 0 Å². The van der Waals surface area contributed by atoms with E-state index in [-0.39, 0.29) is 0 Å². The van der Waals surface area contributed by atoms with Gasteiger partial charge >= 0.3 is 5.97 Å². The largest absolute Gasteiger partial charge is 0.480 e. The first-order valence-corrected chi connectivity index (χ1v) is 6.07. The lowest BCUT2D eigenvalue weighted by molar-refractivity contribution is -0.144. The molecule has 1 aromatic carbocycles. The van der Waals surface area contributed by atoms with Crippen molar-refractivity contribution in [3.05, 3.63) is 34.9 Å². The molecule has 0 aliphatic carbocycles. The highest BCUT2D eigenvalue weighted by Crippen LogP contribution is 2.16. The van der Waals surface area contributed by atoms with Crippen LogP contribution in [-0.4, -0.2) is 36.9 Å². The monoisotopic (exact) mass is 271 g/mol. The standard InChI is InChI=1S/C13H18ClNO3/c1-13(12(16)17,15-7-8-18-2)9-10-3-5-11(14)6-4-10/h3-6,15H,7-9H2,1-2H3,(H,16,17). The number of hydrogen-bond acceptors (Lipinski definition) is 3. The van der Waals surface area contributed by atoms with Gasteiger partial charge in [-0.05, 0) is 24.6 Å². The molecule has 0 heterocycles. The zero-order valence-electron chi connectivity index (χ0n) is 10.6. The average Bonchev–Trinajstić information content (AvgIpc) is 2.32. The molecule has 100 valence electrons. The molecular weight excluding hydrogens is 254 g/mol. The maximum Gasteiger partial charge on any atom is 0.323 e. The maximum atomic E-state index is 11.4. The molecule has 4 nitrogen and oxygen atoms in total. The number of rotatable bonds is 7. The SMILES string of the molecule is COCCNC(C)(Cc1ccc(Cl)cc1)C(=O)O. The quantitative estimate of drug-likeness (QED) is 0.745. The van der Waals surface area contributed by atoms with Gasteiger partial charge in [-0.1, -0.05) is 23.7 Å². The highest BCUT2D eigenvalue weighted by atomic mass is 35.5. The van der Waals surface area contributed by atoms with Gasteiger partial charge in [-0.15, -0.1) is 0 Å². The van der Waals surface area contributed by atoms with Crippen LogP contribution in [0.5, 0.6) is 0 Å². The van der Waals surface area contributed by atoms with Crippen LogP contribution in [0.15, 0.2) is 24.3 Å². The number of benzene rings is 1. The van der Waals surface area contributed by atoms with Crippen molar-refractivity contribution in [3.8, 4) is 0 Å². The number of carboxylic acids is 1. The van der Waals surface area contributed by atoms with Crippen molar-refractivity contribution in [2.45, 2.75) is 18.9 Å². The number of carbonyl (C=O) groups is 1. The van der Waals surface area contributed by atoms with Crippen molar-refractivity contribution in [1.82, 2.24) is 5.32 Å². The number of aliphatic carboxylic acids is 1. The predicted octanol–water partition coefficient (Wildman–Crippen LogP) is 1.96. The Morgan fingerprint density at radius 1 is 1.44 bits per heavy atom. The molecule has 0 spiro atoms. The van der Waals surface area contributed by atoms with Crippen LogP contribution in [0, 0.1) is 0 Å². The average molecular weight is 272 g/mol. The molecule has 1 atom stereocenters. The molecule has 1 aromatic rings. The van der Waals surface area contributed by atoms with Crippen LogP contribution in [0.25, 0.3) is 0 Å². The minimum atomic E-state index is -1.01. The molecule has 1 unspecified atom stereocenters. The van der Waals surface area contributed by atoms with E-state index < -0.39 is 11.5 Å². The second-order valence-electron chi connectivity index (χ2n) is 4.36. The van der Waals surface area contributed by atoms with Crippen LogP contribution in [0.3, 0.4) is 0 Å².